The maximum absolute atomic E-state index is 13.7. The second kappa shape index (κ2) is 6.35. The van der Waals surface area contributed by atoms with Crippen molar-refractivity contribution in [3.8, 4) is 6.07 Å². The smallest absolute Gasteiger partial charge is 0.245 e. The van der Waals surface area contributed by atoms with Crippen LogP contribution in [0.25, 0.3) is 0 Å². The highest BCUT2D eigenvalue weighted by Crippen LogP contribution is 2.22. The van der Waals surface area contributed by atoms with E-state index in [-0.39, 0.29) is 18.1 Å². The van der Waals surface area contributed by atoms with E-state index < -0.39 is 11.9 Å². The lowest BCUT2D eigenvalue weighted by Crippen LogP contribution is -2.54. The Bertz CT molecular complexity index is 542. The molecular weight excluding hydrogens is 261 g/mol. The molecule has 0 bridgehead atoms. The Kier molecular flexibility index (Phi) is 4.53. The molecule has 1 aliphatic heterocycles. The Morgan fingerprint density at radius 2 is 2.45 bits per heavy atom. The van der Waals surface area contributed by atoms with Crippen molar-refractivity contribution in [3.63, 3.8) is 0 Å². The highest BCUT2D eigenvalue weighted by Gasteiger charge is 2.29. The van der Waals surface area contributed by atoms with E-state index in [1.54, 1.807) is 17.0 Å². The van der Waals surface area contributed by atoms with Gasteiger partial charge in [0.15, 0.2) is 0 Å². The second-order valence-corrected chi connectivity index (χ2v) is 4.45. The number of amides is 1. The van der Waals surface area contributed by atoms with E-state index in [0.29, 0.717) is 25.4 Å². The van der Waals surface area contributed by atoms with Crippen LogP contribution in [0.5, 0.6) is 0 Å². The molecule has 1 saturated heterocycles. The number of carbonyl (C=O) groups is 1. The monoisotopic (exact) mass is 277 g/mol. The molecule has 20 heavy (non-hydrogen) atoms. The molecule has 1 aromatic carbocycles. The summed E-state index contributed by atoms with van der Waals surface area (Å²) in [5.41, 5.74) is 0.581. The number of hydrogen-bond acceptors (Lipinski definition) is 4. The Hall–Kier alpha value is -2.13. The average Bonchev–Trinajstić information content (AvgIpc) is 2.47. The number of likely N-dealkylation sites (N-methyl/N-ethyl adjacent to an activating group) is 1. The van der Waals surface area contributed by atoms with Crippen molar-refractivity contribution in [2.24, 2.45) is 0 Å². The summed E-state index contributed by atoms with van der Waals surface area (Å²) in [5.74, 6) is -0.719. The zero-order chi connectivity index (χ0) is 14.5. The van der Waals surface area contributed by atoms with Gasteiger partial charge in [0.05, 0.1) is 18.8 Å². The maximum Gasteiger partial charge on any atom is 0.245 e. The lowest BCUT2D eigenvalue weighted by Gasteiger charge is -2.36. The molecule has 1 unspecified atom stereocenters. The van der Waals surface area contributed by atoms with Crippen LogP contribution >= 0.6 is 0 Å². The molecular formula is C14H16FN3O2. The molecule has 0 aliphatic carbocycles. The van der Waals surface area contributed by atoms with Crippen LogP contribution in [0.4, 0.5) is 10.1 Å². The van der Waals surface area contributed by atoms with E-state index in [2.05, 4.69) is 5.32 Å². The van der Waals surface area contributed by atoms with Crippen LogP contribution in [0.15, 0.2) is 18.2 Å². The summed E-state index contributed by atoms with van der Waals surface area (Å²) in [6.07, 6.45) is 0. The number of carbonyl (C=O) groups excluding carboxylic acids is 1. The van der Waals surface area contributed by atoms with Crippen molar-refractivity contribution in [3.05, 3.63) is 29.6 Å². The van der Waals surface area contributed by atoms with E-state index in [0.717, 1.165) is 0 Å². The fourth-order valence-corrected chi connectivity index (χ4v) is 2.20. The van der Waals surface area contributed by atoms with Crippen molar-refractivity contribution in [2.45, 2.75) is 13.0 Å². The van der Waals surface area contributed by atoms with Crippen LogP contribution in [0, 0.1) is 17.1 Å². The predicted octanol–water partition coefficient (Wildman–Crippen LogP) is 1.04. The molecule has 106 valence electrons. The Labute approximate surface area is 116 Å². The zero-order valence-electron chi connectivity index (χ0n) is 11.2. The molecule has 6 heteroatoms. The van der Waals surface area contributed by atoms with E-state index in [1.165, 1.54) is 12.1 Å². The van der Waals surface area contributed by atoms with Crippen LogP contribution in [-0.4, -0.2) is 38.3 Å². The molecule has 1 aliphatic rings. The number of hydrogen-bond donors (Lipinski definition) is 1. The Morgan fingerprint density at radius 3 is 3.10 bits per heavy atom. The molecule has 1 atom stereocenters. The van der Waals surface area contributed by atoms with Gasteiger partial charge in [0.1, 0.15) is 17.9 Å². The number of nitrogens with zero attached hydrogens (tertiary/aromatic N) is 2. The number of morpholine rings is 1. The number of anilines is 1. The van der Waals surface area contributed by atoms with Gasteiger partial charge in [-0.3, -0.25) is 4.79 Å². The molecule has 0 saturated carbocycles. The zero-order valence-corrected chi connectivity index (χ0v) is 11.2. The van der Waals surface area contributed by atoms with Crippen LogP contribution in [0.1, 0.15) is 12.5 Å². The third kappa shape index (κ3) is 2.89. The molecule has 0 aromatic heterocycles. The van der Waals surface area contributed by atoms with E-state index in [1.807, 2.05) is 6.92 Å². The number of halogens is 1. The highest BCUT2D eigenvalue weighted by molar-refractivity contribution is 5.85. The molecule has 1 N–H and O–H groups in total. The van der Waals surface area contributed by atoms with Gasteiger partial charge in [-0.25, -0.2) is 4.39 Å². The lowest BCUT2D eigenvalue weighted by molar-refractivity contribution is -0.124. The number of ether oxygens (including phenoxy) is 1. The highest BCUT2D eigenvalue weighted by atomic mass is 19.1. The summed E-state index contributed by atoms with van der Waals surface area (Å²) in [7, 11) is 0. The number of benzene rings is 1. The van der Waals surface area contributed by atoms with Crippen molar-refractivity contribution < 1.29 is 13.9 Å². The minimum absolute atomic E-state index is 0.00318. The summed E-state index contributed by atoms with van der Waals surface area (Å²) >= 11 is 0. The number of nitriles is 1. The van der Waals surface area contributed by atoms with E-state index in [4.69, 9.17) is 10.00 Å². The summed E-state index contributed by atoms with van der Waals surface area (Å²) in [5, 5.41) is 11.5. The molecule has 0 spiro atoms. The summed E-state index contributed by atoms with van der Waals surface area (Å²) < 4.78 is 19.0. The van der Waals surface area contributed by atoms with Crippen LogP contribution in [0.2, 0.25) is 0 Å². The van der Waals surface area contributed by atoms with Crippen molar-refractivity contribution in [2.75, 3.05) is 31.2 Å². The van der Waals surface area contributed by atoms with Crippen LogP contribution in [-0.2, 0) is 9.53 Å². The average molecular weight is 277 g/mol. The van der Waals surface area contributed by atoms with Crippen molar-refractivity contribution in [1.82, 2.24) is 5.32 Å². The first-order chi connectivity index (χ1) is 9.67. The van der Waals surface area contributed by atoms with Crippen molar-refractivity contribution >= 4 is 11.6 Å². The first-order valence-corrected chi connectivity index (χ1v) is 6.49. The molecule has 5 nitrogen and oxygen atoms in total. The first kappa shape index (κ1) is 14.3. The van der Waals surface area contributed by atoms with Gasteiger partial charge in [-0.1, -0.05) is 0 Å². The maximum atomic E-state index is 13.7. The van der Waals surface area contributed by atoms with Gasteiger partial charge < -0.3 is 15.0 Å². The standard InChI is InChI=1S/C14H16FN3O2/c1-2-17-14(19)13-9-20-6-5-18(13)11-4-3-10(8-16)12(15)7-11/h3-4,7,13H,2,5-6,9H2,1H3,(H,17,19). The van der Waals surface area contributed by atoms with Gasteiger partial charge in [-0.15, -0.1) is 0 Å². The normalized spacial score (nSPS) is 18.4. The molecule has 1 heterocycles. The third-order valence-electron chi connectivity index (χ3n) is 3.19. The van der Waals surface area contributed by atoms with E-state index in [9.17, 15) is 9.18 Å². The van der Waals surface area contributed by atoms with Crippen LogP contribution in [0.3, 0.4) is 0 Å². The van der Waals surface area contributed by atoms with E-state index >= 15 is 0 Å². The van der Waals surface area contributed by atoms with Crippen LogP contribution < -0.4 is 10.2 Å². The Balaban J connectivity index is 2.26. The lowest BCUT2D eigenvalue weighted by atomic mass is 10.1. The minimum atomic E-state index is -0.578. The Morgan fingerprint density at radius 1 is 1.65 bits per heavy atom. The van der Waals surface area contributed by atoms with Gasteiger partial charge in [0.25, 0.3) is 0 Å². The van der Waals surface area contributed by atoms with Gasteiger partial charge in [-0.2, -0.15) is 5.26 Å². The fourth-order valence-electron chi connectivity index (χ4n) is 2.20. The largest absolute Gasteiger partial charge is 0.377 e. The quantitative estimate of drug-likeness (QED) is 0.896. The summed E-state index contributed by atoms with van der Waals surface area (Å²) in [6.45, 7) is 3.64. The third-order valence-corrected chi connectivity index (χ3v) is 3.19. The van der Waals surface area contributed by atoms with Gasteiger partial charge in [0.2, 0.25) is 5.91 Å². The molecule has 2 rings (SSSR count). The molecule has 0 radical (unpaired) electrons. The SMILES string of the molecule is CCNC(=O)C1COCCN1c1ccc(C#N)c(F)c1. The summed E-state index contributed by atoms with van der Waals surface area (Å²) in [6, 6.07) is 5.67. The predicted molar refractivity (Wildman–Crippen MR) is 71.8 cm³/mol. The fraction of sp³-hybridized carbons (Fsp3) is 0.429. The number of rotatable bonds is 3. The topological polar surface area (TPSA) is 65.4 Å². The van der Waals surface area contributed by atoms with Crippen molar-refractivity contribution in [1.29, 1.82) is 5.26 Å². The molecule has 1 fully saturated rings. The van der Waals surface area contributed by atoms with Gasteiger partial charge in [-0.05, 0) is 25.1 Å². The second-order valence-electron chi connectivity index (χ2n) is 4.45. The molecule has 1 amide bonds. The number of nitrogens with one attached hydrogen (secondary N) is 1. The first-order valence-electron chi connectivity index (χ1n) is 6.49. The van der Waals surface area contributed by atoms with Gasteiger partial charge in [0, 0.05) is 18.8 Å². The minimum Gasteiger partial charge on any atom is -0.377 e. The van der Waals surface area contributed by atoms with Gasteiger partial charge >= 0.3 is 0 Å². The summed E-state index contributed by atoms with van der Waals surface area (Å²) in [4.78, 5) is 13.8. The molecule has 1 aromatic rings.